The summed E-state index contributed by atoms with van der Waals surface area (Å²) in [5.41, 5.74) is 2.16. The normalized spacial score (nSPS) is 14.4. The summed E-state index contributed by atoms with van der Waals surface area (Å²) in [5.74, 6) is 5.52. The summed E-state index contributed by atoms with van der Waals surface area (Å²) in [6.45, 7) is 1.75. The van der Waals surface area contributed by atoms with Crippen molar-refractivity contribution in [3.05, 3.63) is 35.4 Å². The van der Waals surface area contributed by atoms with Crippen LogP contribution in [-0.2, 0) is 6.54 Å². The number of aliphatic hydroxyl groups is 2. The molecular weight excluding hydrogens is 226 g/mol. The molecule has 0 heterocycles. The second-order valence-corrected chi connectivity index (χ2v) is 4.58. The molecule has 0 aliphatic heterocycles. The molecule has 1 aromatic rings. The van der Waals surface area contributed by atoms with E-state index in [1.165, 1.54) is 18.4 Å². The summed E-state index contributed by atoms with van der Waals surface area (Å²) < 4.78 is 0. The number of hydrogen-bond donors (Lipinski definition) is 2. The SMILES string of the molecule is OCC#Cc1ccc(CN(CCO)C2CC2)cc1. The van der Waals surface area contributed by atoms with Crippen LogP contribution < -0.4 is 0 Å². The summed E-state index contributed by atoms with van der Waals surface area (Å²) in [4.78, 5) is 2.33. The van der Waals surface area contributed by atoms with E-state index in [2.05, 4.69) is 28.9 Å². The minimum absolute atomic E-state index is 0.103. The average Bonchev–Trinajstić information content (AvgIpc) is 3.22. The molecule has 3 nitrogen and oxygen atoms in total. The number of benzene rings is 1. The van der Waals surface area contributed by atoms with Gasteiger partial charge >= 0.3 is 0 Å². The van der Waals surface area contributed by atoms with Gasteiger partial charge in [-0.3, -0.25) is 4.90 Å². The first-order valence-corrected chi connectivity index (χ1v) is 6.37. The van der Waals surface area contributed by atoms with Gasteiger partial charge in [0.2, 0.25) is 0 Å². The van der Waals surface area contributed by atoms with Crippen molar-refractivity contribution in [3.63, 3.8) is 0 Å². The van der Waals surface area contributed by atoms with Gasteiger partial charge in [0.1, 0.15) is 6.61 Å². The molecule has 0 atom stereocenters. The van der Waals surface area contributed by atoms with Crippen molar-refractivity contribution in [2.75, 3.05) is 19.8 Å². The lowest BCUT2D eigenvalue weighted by Crippen LogP contribution is -2.28. The fourth-order valence-corrected chi connectivity index (χ4v) is 2.03. The van der Waals surface area contributed by atoms with Crippen molar-refractivity contribution in [2.45, 2.75) is 25.4 Å². The highest BCUT2D eigenvalue weighted by atomic mass is 16.3. The lowest BCUT2D eigenvalue weighted by atomic mass is 10.1. The quantitative estimate of drug-likeness (QED) is 0.760. The Morgan fingerprint density at radius 2 is 1.89 bits per heavy atom. The summed E-state index contributed by atoms with van der Waals surface area (Å²) in [6, 6.07) is 8.73. The minimum atomic E-state index is -0.103. The van der Waals surface area contributed by atoms with E-state index >= 15 is 0 Å². The molecule has 1 aliphatic carbocycles. The van der Waals surface area contributed by atoms with Crippen LogP contribution in [0.4, 0.5) is 0 Å². The first kappa shape index (κ1) is 13.1. The van der Waals surface area contributed by atoms with Gasteiger partial charge in [-0.1, -0.05) is 24.0 Å². The van der Waals surface area contributed by atoms with E-state index in [-0.39, 0.29) is 13.2 Å². The number of hydrogen-bond acceptors (Lipinski definition) is 3. The Morgan fingerprint density at radius 1 is 1.17 bits per heavy atom. The van der Waals surface area contributed by atoms with E-state index in [4.69, 9.17) is 10.2 Å². The molecule has 18 heavy (non-hydrogen) atoms. The Kier molecular flexibility index (Phi) is 4.77. The van der Waals surface area contributed by atoms with E-state index < -0.39 is 0 Å². The van der Waals surface area contributed by atoms with Crippen LogP contribution in [0.5, 0.6) is 0 Å². The van der Waals surface area contributed by atoms with Crippen LogP contribution in [0.2, 0.25) is 0 Å². The number of aliphatic hydroxyl groups excluding tert-OH is 2. The molecule has 0 radical (unpaired) electrons. The van der Waals surface area contributed by atoms with Crippen molar-refractivity contribution >= 4 is 0 Å². The summed E-state index contributed by atoms with van der Waals surface area (Å²) in [6.07, 6.45) is 2.50. The third-order valence-corrected chi connectivity index (χ3v) is 3.10. The molecule has 1 aromatic carbocycles. The second kappa shape index (κ2) is 6.55. The molecule has 2 rings (SSSR count). The van der Waals surface area contributed by atoms with Crippen LogP contribution in [0.15, 0.2) is 24.3 Å². The molecule has 0 aromatic heterocycles. The van der Waals surface area contributed by atoms with E-state index in [1.54, 1.807) is 0 Å². The van der Waals surface area contributed by atoms with E-state index in [0.29, 0.717) is 6.04 Å². The Bertz CT molecular complexity index is 426. The van der Waals surface area contributed by atoms with Crippen molar-refractivity contribution in [1.82, 2.24) is 4.90 Å². The molecular formula is C15H19NO2. The van der Waals surface area contributed by atoms with E-state index in [9.17, 15) is 0 Å². The third kappa shape index (κ3) is 3.85. The number of nitrogens with zero attached hydrogens (tertiary/aromatic N) is 1. The van der Waals surface area contributed by atoms with Gasteiger partial charge in [0.15, 0.2) is 0 Å². The van der Waals surface area contributed by atoms with Crippen molar-refractivity contribution < 1.29 is 10.2 Å². The van der Waals surface area contributed by atoms with E-state index in [0.717, 1.165) is 18.7 Å². The zero-order valence-corrected chi connectivity index (χ0v) is 10.5. The molecule has 0 spiro atoms. The van der Waals surface area contributed by atoms with Crippen molar-refractivity contribution in [1.29, 1.82) is 0 Å². The Hall–Kier alpha value is -1.34. The molecule has 1 fully saturated rings. The molecule has 2 N–H and O–H groups in total. The predicted octanol–water partition coefficient (Wildman–Crippen LogP) is 0.987. The van der Waals surface area contributed by atoms with Crippen LogP contribution in [0.1, 0.15) is 24.0 Å². The largest absolute Gasteiger partial charge is 0.395 e. The highest BCUT2D eigenvalue weighted by Crippen LogP contribution is 2.27. The highest BCUT2D eigenvalue weighted by Gasteiger charge is 2.28. The van der Waals surface area contributed by atoms with Crippen LogP contribution >= 0.6 is 0 Å². The number of rotatable bonds is 5. The van der Waals surface area contributed by atoms with Gasteiger partial charge in [-0.15, -0.1) is 0 Å². The Labute approximate surface area is 108 Å². The fourth-order valence-electron chi connectivity index (χ4n) is 2.03. The second-order valence-electron chi connectivity index (χ2n) is 4.58. The minimum Gasteiger partial charge on any atom is -0.395 e. The molecule has 96 valence electrons. The Balaban J connectivity index is 1.96. The maximum atomic E-state index is 9.05. The standard InChI is InChI=1S/C15H19NO2/c17-10-1-2-13-3-5-14(6-4-13)12-16(9-11-18)15-7-8-15/h3-6,15,17-18H,7-12H2. The first-order chi connectivity index (χ1) is 8.83. The molecule has 3 heteroatoms. The van der Waals surface area contributed by atoms with Gasteiger partial charge in [0.25, 0.3) is 0 Å². The van der Waals surface area contributed by atoms with Crippen LogP contribution in [-0.4, -0.2) is 40.9 Å². The maximum absolute atomic E-state index is 9.05. The molecule has 0 amide bonds. The molecule has 1 saturated carbocycles. The van der Waals surface area contributed by atoms with Crippen LogP contribution in [0.3, 0.4) is 0 Å². The highest BCUT2D eigenvalue weighted by molar-refractivity contribution is 5.36. The van der Waals surface area contributed by atoms with Gasteiger partial charge in [-0.25, -0.2) is 0 Å². The van der Waals surface area contributed by atoms with E-state index in [1.807, 2.05) is 12.1 Å². The van der Waals surface area contributed by atoms with Gasteiger partial charge in [0, 0.05) is 24.7 Å². The summed E-state index contributed by atoms with van der Waals surface area (Å²) in [7, 11) is 0. The van der Waals surface area contributed by atoms with Gasteiger partial charge < -0.3 is 10.2 Å². The molecule has 1 aliphatic rings. The molecule has 0 saturated heterocycles. The van der Waals surface area contributed by atoms with Crippen molar-refractivity contribution in [3.8, 4) is 11.8 Å². The van der Waals surface area contributed by atoms with Crippen LogP contribution in [0.25, 0.3) is 0 Å². The lowest BCUT2D eigenvalue weighted by molar-refractivity contribution is 0.183. The lowest BCUT2D eigenvalue weighted by Gasteiger charge is -2.20. The van der Waals surface area contributed by atoms with Crippen molar-refractivity contribution in [2.24, 2.45) is 0 Å². The van der Waals surface area contributed by atoms with Gasteiger partial charge in [-0.05, 0) is 30.5 Å². The molecule has 0 bridgehead atoms. The average molecular weight is 245 g/mol. The first-order valence-electron chi connectivity index (χ1n) is 6.37. The van der Waals surface area contributed by atoms with Gasteiger partial charge in [0.05, 0.1) is 6.61 Å². The monoisotopic (exact) mass is 245 g/mol. The summed E-state index contributed by atoms with van der Waals surface area (Å²) in [5, 5.41) is 17.7. The summed E-state index contributed by atoms with van der Waals surface area (Å²) >= 11 is 0. The predicted molar refractivity (Wildman–Crippen MR) is 70.9 cm³/mol. The zero-order valence-electron chi connectivity index (χ0n) is 10.5. The van der Waals surface area contributed by atoms with Crippen LogP contribution in [0, 0.1) is 11.8 Å². The maximum Gasteiger partial charge on any atom is 0.104 e. The Morgan fingerprint density at radius 3 is 2.44 bits per heavy atom. The van der Waals surface area contributed by atoms with Gasteiger partial charge in [-0.2, -0.15) is 0 Å². The smallest absolute Gasteiger partial charge is 0.104 e. The molecule has 0 unspecified atom stereocenters. The third-order valence-electron chi connectivity index (χ3n) is 3.10. The zero-order chi connectivity index (χ0) is 12.8. The topological polar surface area (TPSA) is 43.7 Å². The fraction of sp³-hybridized carbons (Fsp3) is 0.467.